The molecular weight excluding hydrogens is 316 g/mol. The molecule has 0 N–H and O–H groups in total. The molecule has 4 rings (SSSR count). The summed E-state index contributed by atoms with van der Waals surface area (Å²) in [5.41, 5.74) is 1.14. The first-order valence-corrected chi connectivity index (χ1v) is 9.53. The molecule has 2 aromatic rings. The second-order valence-corrected chi connectivity index (χ2v) is 7.44. The quantitative estimate of drug-likeness (QED) is 0.853. The van der Waals surface area contributed by atoms with Crippen molar-refractivity contribution in [1.29, 1.82) is 0 Å². The van der Waals surface area contributed by atoms with Crippen LogP contribution in [0, 0.1) is 11.8 Å². The second kappa shape index (κ2) is 7.60. The highest BCUT2D eigenvalue weighted by atomic mass is 16.5. The van der Waals surface area contributed by atoms with Gasteiger partial charge in [-0.05, 0) is 49.1 Å². The van der Waals surface area contributed by atoms with Gasteiger partial charge >= 0.3 is 0 Å². The van der Waals surface area contributed by atoms with E-state index in [0.717, 1.165) is 61.9 Å². The Morgan fingerprint density at radius 3 is 2.80 bits per heavy atom. The summed E-state index contributed by atoms with van der Waals surface area (Å²) in [6, 6.07) is 1.99. The van der Waals surface area contributed by atoms with Gasteiger partial charge in [0, 0.05) is 39.8 Å². The van der Waals surface area contributed by atoms with Crippen LogP contribution in [0.25, 0.3) is 0 Å². The van der Waals surface area contributed by atoms with Crippen LogP contribution in [0.5, 0.6) is 0 Å². The van der Waals surface area contributed by atoms with E-state index in [1.807, 2.05) is 6.07 Å². The van der Waals surface area contributed by atoms with Gasteiger partial charge in [-0.3, -0.25) is 0 Å². The minimum atomic E-state index is 0.750. The fourth-order valence-electron chi connectivity index (χ4n) is 4.29. The molecule has 136 valence electrons. The van der Waals surface area contributed by atoms with Crippen molar-refractivity contribution in [3.05, 3.63) is 30.0 Å². The van der Waals surface area contributed by atoms with Gasteiger partial charge in [-0.2, -0.15) is 0 Å². The van der Waals surface area contributed by atoms with E-state index in [2.05, 4.69) is 26.7 Å². The average Bonchev–Trinajstić information content (AvgIpc) is 3.20. The Kier molecular flexibility index (Phi) is 5.06. The van der Waals surface area contributed by atoms with Crippen molar-refractivity contribution in [2.45, 2.75) is 38.5 Å². The van der Waals surface area contributed by atoms with Gasteiger partial charge in [0.15, 0.2) is 0 Å². The Morgan fingerprint density at radius 2 is 2.00 bits per heavy atom. The van der Waals surface area contributed by atoms with Crippen molar-refractivity contribution >= 4 is 5.95 Å². The van der Waals surface area contributed by atoms with Gasteiger partial charge in [-0.15, -0.1) is 10.2 Å². The largest absolute Gasteiger partial charge is 0.472 e. The first-order chi connectivity index (χ1) is 12.3. The molecule has 6 heteroatoms. The monoisotopic (exact) mass is 344 g/mol. The normalized spacial score (nSPS) is 22.9. The van der Waals surface area contributed by atoms with E-state index in [1.165, 1.54) is 32.1 Å². The fourth-order valence-corrected chi connectivity index (χ4v) is 4.29. The van der Waals surface area contributed by atoms with Crippen LogP contribution in [-0.4, -0.2) is 41.1 Å². The van der Waals surface area contributed by atoms with Crippen LogP contribution in [0.3, 0.4) is 0 Å². The molecule has 6 nitrogen and oxygen atoms in total. The van der Waals surface area contributed by atoms with Crippen LogP contribution in [0.2, 0.25) is 0 Å². The number of anilines is 1. The highest BCUT2D eigenvalue weighted by Gasteiger charge is 2.29. The molecule has 4 heterocycles. The SMILES string of the molecule is Cn1c(Cc2ccoc2)nnc1N1CCCCC(C2CCOCC2)C1. The predicted molar refractivity (Wildman–Crippen MR) is 95.6 cm³/mol. The molecule has 0 amide bonds. The first-order valence-electron chi connectivity index (χ1n) is 9.53. The van der Waals surface area contributed by atoms with E-state index < -0.39 is 0 Å². The summed E-state index contributed by atoms with van der Waals surface area (Å²) >= 11 is 0. The Hall–Kier alpha value is -1.82. The molecule has 1 atom stereocenters. The minimum absolute atomic E-state index is 0.750. The Balaban J connectivity index is 1.48. The molecule has 0 radical (unpaired) electrons. The van der Waals surface area contributed by atoms with Crippen LogP contribution < -0.4 is 4.90 Å². The maximum atomic E-state index is 5.56. The zero-order chi connectivity index (χ0) is 17.1. The van der Waals surface area contributed by atoms with Crippen molar-refractivity contribution in [2.75, 3.05) is 31.2 Å². The van der Waals surface area contributed by atoms with Gasteiger partial charge in [0.25, 0.3) is 0 Å². The molecule has 0 bridgehead atoms. The summed E-state index contributed by atoms with van der Waals surface area (Å²) in [6.45, 7) is 4.04. The lowest BCUT2D eigenvalue weighted by Crippen LogP contribution is -2.35. The van der Waals surface area contributed by atoms with Crippen LogP contribution in [-0.2, 0) is 18.2 Å². The molecule has 2 aliphatic rings. The number of hydrogen-bond acceptors (Lipinski definition) is 5. The molecule has 2 aliphatic heterocycles. The summed E-state index contributed by atoms with van der Waals surface area (Å²) in [5, 5.41) is 8.97. The third kappa shape index (κ3) is 3.73. The van der Waals surface area contributed by atoms with Gasteiger partial charge in [0.1, 0.15) is 5.82 Å². The van der Waals surface area contributed by atoms with Crippen molar-refractivity contribution < 1.29 is 9.15 Å². The standard InChI is InChI=1S/C19H28N4O2/c1-22-18(12-15-5-9-25-14-15)20-21-19(22)23-8-3-2-4-17(13-23)16-6-10-24-11-7-16/h5,9,14,16-17H,2-4,6-8,10-13H2,1H3. The van der Waals surface area contributed by atoms with Crippen molar-refractivity contribution in [2.24, 2.45) is 18.9 Å². The van der Waals surface area contributed by atoms with Gasteiger partial charge < -0.3 is 18.6 Å². The molecule has 0 aromatic carbocycles. The number of ether oxygens (including phenoxy) is 1. The average molecular weight is 344 g/mol. The van der Waals surface area contributed by atoms with E-state index in [-0.39, 0.29) is 0 Å². The second-order valence-electron chi connectivity index (χ2n) is 7.44. The zero-order valence-corrected chi connectivity index (χ0v) is 15.1. The minimum Gasteiger partial charge on any atom is -0.472 e. The van der Waals surface area contributed by atoms with E-state index in [4.69, 9.17) is 9.15 Å². The molecule has 0 aliphatic carbocycles. The first kappa shape index (κ1) is 16.6. The van der Waals surface area contributed by atoms with E-state index in [1.54, 1.807) is 12.5 Å². The Labute approximate surface area is 149 Å². The molecule has 2 saturated heterocycles. The summed E-state index contributed by atoms with van der Waals surface area (Å²) < 4.78 is 12.9. The fraction of sp³-hybridized carbons (Fsp3) is 0.684. The van der Waals surface area contributed by atoms with Crippen LogP contribution in [0.4, 0.5) is 5.95 Å². The molecule has 25 heavy (non-hydrogen) atoms. The summed E-state index contributed by atoms with van der Waals surface area (Å²) in [5.74, 6) is 3.55. The third-order valence-corrected chi connectivity index (χ3v) is 5.81. The van der Waals surface area contributed by atoms with Gasteiger partial charge in [-0.25, -0.2) is 0 Å². The number of hydrogen-bond donors (Lipinski definition) is 0. The number of rotatable bonds is 4. The smallest absolute Gasteiger partial charge is 0.226 e. The van der Waals surface area contributed by atoms with Gasteiger partial charge in [0.05, 0.1) is 12.5 Å². The van der Waals surface area contributed by atoms with E-state index >= 15 is 0 Å². The molecule has 2 aromatic heterocycles. The highest BCUT2D eigenvalue weighted by molar-refractivity contribution is 5.32. The van der Waals surface area contributed by atoms with Crippen LogP contribution in [0.1, 0.15) is 43.5 Å². The molecule has 2 fully saturated rings. The third-order valence-electron chi connectivity index (χ3n) is 5.81. The maximum absolute atomic E-state index is 5.56. The lowest BCUT2D eigenvalue weighted by atomic mass is 9.83. The summed E-state index contributed by atoms with van der Waals surface area (Å²) in [7, 11) is 2.08. The Bertz CT molecular complexity index is 661. The summed E-state index contributed by atoms with van der Waals surface area (Å²) in [6.07, 6.45) is 10.6. The summed E-state index contributed by atoms with van der Waals surface area (Å²) in [4.78, 5) is 2.46. The highest BCUT2D eigenvalue weighted by Crippen LogP contribution is 2.32. The number of furan rings is 1. The lowest BCUT2D eigenvalue weighted by Gasteiger charge is -2.32. The van der Waals surface area contributed by atoms with Crippen molar-refractivity contribution in [1.82, 2.24) is 14.8 Å². The molecule has 0 saturated carbocycles. The number of aromatic nitrogens is 3. The van der Waals surface area contributed by atoms with Crippen molar-refractivity contribution in [3.63, 3.8) is 0 Å². The van der Waals surface area contributed by atoms with Crippen molar-refractivity contribution in [3.8, 4) is 0 Å². The molecule has 0 spiro atoms. The molecular formula is C19H28N4O2. The lowest BCUT2D eigenvalue weighted by molar-refractivity contribution is 0.0465. The van der Waals surface area contributed by atoms with Crippen LogP contribution >= 0.6 is 0 Å². The topological polar surface area (TPSA) is 56.3 Å². The van der Waals surface area contributed by atoms with E-state index in [0.29, 0.717) is 0 Å². The number of nitrogens with zero attached hydrogens (tertiary/aromatic N) is 4. The van der Waals surface area contributed by atoms with Gasteiger partial charge in [-0.1, -0.05) is 6.42 Å². The Morgan fingerprint density at radius 1 is 1.12 bits per heavy atom. The van der Waals surface area contributed by atoms with Gasteiger partial charge in [0.2, 0.25) is 5.95 Å². The zero-order valence-electron chi connectivity index (χ0n) is 15.1. The predicted octanol–water partition coefficient (Wildman–Crippen LogP) is 3.03. The van der Waals surface area contributed by atoms with E-state index in [9.17, 15) is 0 Å². The molecule has 1 unspecified atom stereocenters. The maximum Gasteiger partial charge on any atom is 0.226 e. The van der Waals surface area contributed by atoms with Crippen LogP contribution in [0.15, 0.2) is 23.0 Å².